The summed E-state index contributed by atoms with van der Waals surface area (Å²) >= 11 is 1.77. The number of hydrogen-bond donors (Lipinski definition) is 1. The maximum absolute atomic E-state index is 5.77. The van der Waals surface area contributed by atoms with Gasteiger partial charge in [0.1, 0.15) is 5.75 Å². The molecule has 0 aliphatic carbocycles. The quantitative estimate of drug-likeness (QED) is 0.594. The Morgan fingerprint density at radius 1 is 1.46 bits per heavy atom. The number of benzene rings is 1. The van der Waals surface area contributed by atoms with Crippen LogP contribution in [-0.2, 0) is 0 Å². The van der Waals surface area contributed by atoms with Gasteiger partial charge in [0.2, 0.25) is 0 Å². The molecule has 13 heavy (non-hydrogen) atoms. The molecule has 72 valence electrons. The highest BCUT2D eigenvalue weighted by Gasteiger charge is 2.02. The van der Waals surface area contributed by atoms with E-state index in [2.05, 4.69) is 6.26 Å². The summed E-state index contributed by atoms with van der Waals surface area (Å²) < 4.78 is 5.56. The number of ether oxygens (including phenoxy) is 1. The molecule has 1 aromatic rings. The molecule has 0 aliphatic heterocycles. The molecule has 1 aromatic carbocycles. The molecule has 0 radical (unpaired) electrons. The summed E-state index contributed by atoms with van der Waals surface area (Å²) in [6.07, 6.45) is 2.06. The van der Waals surface area contributed by atoms with Gasteiger partial charge in [-0.25, -0.2) is 0 Å². The van der Waals surface area contributed by atoms with E-state index in [1.165, 1.54) is 0 Å². The highest BCUT2D eigenvalue weighted by molar-refractivity contribution is 7.98. The molecule has 0 unspecified atom stereocenters. The fraction of sp³-hybridized carbons (Fsp3) is 0.400. The second-order valence-corrected chi connectivity index (χ2v) is 3.82. The first kappa shape index (κ1) is 10.3. The van der Waals surface area contributed by atoms with Crippen LogP contribution in [0.1, 0.15) is 5.56 Å². The zero-order valence-corrected chi connectivity index (χ0v) is 8.86. The summed E-state index contributed by atoms with van der Waals surface area (Å²) in [4.78, 5) is 0. The SMILES string of the molecule is CSCCOc1c(C)cccc1N. The minimum Gasteiger partial charge on any atom is -0.490 e. The zero-order chi connectivity index (χ0) is 9.68. The largest absolute Gasteiger partial charge is 0.490 e. The Labute approximate surface area is 83.5 Å². The second kappa shape index (κ2) is 5.02. The van der Waals surface area contributed by atoms with Crippen molar-refractivity contribution in [3.05, 3.63) is 23.8 Å². The van der Waals surface area contributed by atoms with Gasteiger partial charge in [-0.1, -0.05) is 12.1 Å². The Hall–Kier alpha value is -0.830. The molecule has 2 nitrogen and oxygen atoms in total. The van der Waals surface area contributed by atoms with Crippen LogP contribution >= 0.6 is 11.8 Å². The molecule has 0 bridgehead atoms. The Morgan fingerprint density at radius 2 is 2.23 bits per heavy atom. The predicted octanol–water partition coefficient (Wildman–Crippen LogP) is 2.32. The Kier molecular flexibility index (Phi) is 3.96. The molecule has 0 saturated carbocycles. The third-order valence-corrected chi connectivity index (χ3v) is 2.35. The topological polar surface area (TPSA) is 35.2 Å². The van der Waals surface area contributed by atoms with Gasteiger partial charge in [0.05, 0.1) is 12.3 Å². The summed E-state index contributed by atoms with van der Waals surface area (Å²) in [6, 6.07) is 5.80. The van der Waals surface area contributed by atoms with E-state index in [1.807, 2.05) is 25.1 Å². The summed E-state index contributed by atoms with van der Waals surface area (Å²) in [5, 5.41) is 0. The Bertz CT molecular complexity index is 255. The van der Waals surface area contributed by atoms with Crippen LogP contribution in [0.2, 0.25) is 0 Å². The van der Waals surface area contributed by atoms with Crippen LogP contribution in [0.25, 0.3) is 0 Å². The number of para-hydroxylation sites is 1. The van der Waals surface area contributed by atoms with Crippen molar-refractivity contribution in [2.45, 2.75) is 6.92 Å². The number of aryl methyl sites for hydroxylation is 1. The number of anilines is 1. The molecule has 0 aliphatic rings. The van der Waals surface area contributed by atoms with E-state index < -0.39 is 0 Å². The lowest BCUT2D eigenvalue weighted by molar-refractivity contribution is 0.343. The van der Waals surface area contributed by atoms with E-state index in [0.29, 0.717) is 0 Å². The maximum atomic E-state index is 5.77. The van der Waals surface area contributed by atoms with Crippen LogP contribution in [0, 0.1) is 6.92 Å². The normalized spacial score (nSPS) is 10.0. The number of hydrogen-bond acceptors (Lipinski definition) is 3. The highest BCUT2D eigenvalue weighted by Crippen LogP contribution is 2.25. The summed E-state index contributed by atoms with van der Waals surface area (Å²) in [6.45, 7) is 2.72. The van der Waals surface area contributed by atoms with Gasteiger partial charge in [0.25, 0.3) is 0 Å². The van der Waals surface area contributed by atoms with E-state index in [4.69, 9.17) is 10.5 Å². The van der Waals surface area contributed by atoms with Crippen LogP contribution in [-0.4, -0.2) is 18.6 Å². The lowest BCUT2D eigenvalue weighted by Crippen LogP contribution is -2.03. The second-order valence-electron chi connectivity index (χ2n) is 2.83. The number of thioether (sulfide) groups is 1. The van der Waals surface area contributed by atoms with Crippen molar-refractivity contribution < 1.29 is 4.74 Å². The molecule has 0 amide bonds. The Balaban J connectivity index is 2.64. The van der Waals surface area contributed by atoms with Crippen LogP contribution in [0.4, 0.5) is 5.69 Å². The van der Waals surface area contributed by atoms with E-state index >= 15 is 0 Å². The molecule has 1 rings (SSSR count). The first-order valence-corrected chi connectivity index (χ1v) is 5.62. The molecular weight excluding hydrogens is 182 g/mol. The van der Waals surface area contributed by atoms with Crippen LogP contribution in [0.5, 0.6) is 5.75 Å². The van der Waals surface area contributed by atoms with Crippen molar-refractivity contribution in [3.63, 3.8) is 0 Å². The fourth-order valence-electron chi connectivity index (χ4n) is 1.10. The van der Waals surface area contributed by atoms with Crippen LogP contribution in [0.15, 0.2) is 18.2 Å². The first-order chi connectivity index (χ1) is 6.25. The van der Waals surface area contributed by atoms with Gasteiger partial charge in [-0.05, 0) is 24.8 Å². The first-order valence-electron chi connectivity index (χ1n) is 4.22. The molecule has 3 heteroatoms. The standard InChI is InChI=1S/C10H15NOS/c1-8-4-3-5-9(11)10(8)12-6-7-13-2/h3-5H,6-7,11H2,1-2H3. The number of nitrogen functional groups attached to an aromatic ring is 1. The van der Waals surface area contributed by atoms with E-state index in [9.17, 15) is 0 Å². The van der Waals surface area contributed by atoms with Crippen LogP contribution in [0.3, 0.4) is 0 Å². The minimum atomic E-state index is 0.718. The fourth-order valence-corrected chi connectivity index (χ4v) is 1.35. The van der Waals surface area contributed by atoms with Gasteiger partial charge in [-0.3, -0.25) is 0 Å². The van der Waals surface area contributed by atoms with Crippen molar-refractivity contribution >= 4 is 17.4 Å². The van der Waals surface area contributed by atoms with Crippen LogP contribution < -0.4 is 10.5 Å². The average molecular weight is 197 g/mol. The Morgan fingerprint density at radius 3 is 2.85 bits per heavy atom. The molecule has 2 N–H and O–H groups in total. The molecule has 0 fully saturated rings. The summed E-state index contributed by atoms with van der Waals surface area (Å²) in [5.41, 5.74) is 7.59. The third kappa shape index (κ3) is 2.84. The number of nitrogens with two attached hydrogens (primary N) is 1. The molecule has 0 spiro atoms. The minimum absolute atomic E-state index is 0.718. The predicted molar refractivity (Wildman–Crippen MR) is 59.5 cm³/mol. The molecule has 0 saturated heterocycles. The molecule has 0 heterocycles. The smallest absolute Gasteiger partial charge is 0.145 e. The van der Waals surface area contributed by atoms with E-state index in [-0.39, 0.29) is 0 Å². The van der Waals surface area contributed by atoms with Crippen molar-refractivity contribution in [3.8, 4) is 5.75 Å². The average Bonchev–Trinajstić information content (AvgIpc) is 2.10. The summed E-state index contributed by atoms with van der Waals surface area (Å²) in [5.74, 6) is 1.82. The van der Waals surface area contributed by atoms with Gasteiger partial charge >= 0.3 is 0 Å². The maximum Gasteiger partial charge on any atom is 0.145 e. The van der Waals surface area contributed by atoms with E-state index in [0.717, 1.165) is 29.4 Å². The van der Waals surface area contributed by atoms with E-state index in [1.54, 1.807) is 11.8 Å². The van der Waals surface area contributed by atoms with Crippen molar-refractivity contribution in [1.82, 2.24) is 0 Å². The number of rotatable bonds is 4. The van der Waals surface area contributed by atoms with Crippen molar-refractivity contribution in [2.75, 3.05) is 24.3 Å². The van der Waals surface area contributed by atoms with Crippen molar-refractivity contribution in [1.29, 1.82) is 0 Å². The van der Waals surface area contributed by atoms with Gasteiger partial charge in [-0.15, -0.1) is 0 Å². The zero-order valence-electron chi connectivity index (χ0n) is 8.04. The van der Waals surface area contributed by atoms with Gasteiger partial charge in [0.15, 0.2) is 0 Å². The van der Waals surface area contributed by atoms with Gasteiger partial charge in [-0.2, -0.15) is 11.8 Å². The lowest BCUT2D eigenvalue weighted by atomic mass is 10.2. The molecule has 0 atom stereocenters. The highest BCUT2D eigenvalue weighted by atomic mass is 32.2. The third-order valence-electron chi connectivity index (χ3n) is 1.78. The molecule has 0 aromatic heterocycles. The molecular formula is C10H15NOS. The van der Waals surface area contributed by atoms with Gasteiger partial charge < -0.3 is 10.5 Å². The monoisotopic (exact) mass is 197 g/mol. The lowest BCUT2D eigenvalue weighted by Gasteiger charge is -2.10. The van der Waals surface area contributed by atoms with Crippen molar-refractivity contribution in [2.24, 2.45) is 0 Å². The van der Waals surface area contributed by atoms with Gasteiger partial charge in [0, 0.05) is 5.75 Å². The summed E-state index contributed by atoms with van der Waals surface area (Å²) in [7, 11) is 0.